The molecule has 1 aromatic carbocycles. The van der Waals surface area contributed by atoms with E-state index in [0.29, 0.717) is 0 Å². The number of ether oxygens (including phenoxy) is 1. The molecule has 1 N–H and O–H groups in total. The summed E-state index contributed by atoms with van der Waals surface area (Å²) in [5, 5.41) is 3.52. The highest BCUT2D eigenvalue weighted by Gasteiger charge is 2.19. The highest BCUT2D eigenvalue weighted by Crippen LogP contribution is 2.27. The van der Waals surface area contributed by atoms with Gasteiger partial charge in [-0.25, -0.2) is 0 Å². The van der Waals surface area contributed by atoms with Crippen molar-refractivity contribution in [2.75, 3.05) is 33.8 Å². The number of benzene rings is 1. The summed E-state index contributed by atoms with van der Waals surface area (Å²) in [4.78, 5) is 2.35. The number of hydrogen-bond donors (Lipinski definition) is 1. The lowest BCUT2D eigenvalue weighted by Crippen LogP contribution is -2.30. The second-order valence-electron chi connectivity index (χ2n) is 5.23. The molecular weight excluding hydrogens is 224 g/mol. The van der Waals surface area contributed by atoms with Gasteiger partial charge in [0.1, 0.15) is 5.75 Å². The van der Waals surface area contributed by atoms with Crippen LogP contribution < -0.4 is 10.1 Å². The van der Waals surface area contributed by atoms with Gasteiger partial charge in [0, 0.05) is 19.6 Å². The largest absolute Gasteiger partial charge is 0.497 e. The van der Waals surface area contributed by atoms with Gasteiger partial charge in [-0.3, -0.25) is 0 Å². The van der Waals surface area contributed by atoms with Gasteiger partial charge in [-0.05, 0) is 50.0 Å². The number of likely N-dealkylation sites (N-methyl/N-ethyl adjacent to an activating group) is 1. The van der Waals surface area contributed by atoms with Crippen molar-refractivity contribution in [2.24, 2.45) is 5.92 Å². The van der Waals surface area contributed by atoms with Crippen LogP contribution in [0.3, 0.4) is 0 Å². The maximum Gasteiger partial charge on any atom is 0.118 e. The smallest absolute Gasteiger partial charge is 0.118 e. The van der Waals surface area contributed by atoms with Crippen LogP contribution >= 0.6 is 0 Å². The first-order chi connectivity index (χ1) is 8.78. The van der Waals surface area contributed by atoms with Crippen molar-refractivity contribution in [3.05, 3.63) is 29.8 Å². The fraction of sp³-hybridized carbons (Fsp3) is 0.600. The third-order valence-electron chi connectivity index (χ3n) is 3.41. The van der Waals surface area contributed by atoms with Crippen molar-refractivity contribution < 1.29 is 4.74 Å². The predicted octanol–water partition coefficient (Wildman–Crippen LogP) is 2.13. The molecule has 1 aromatic rings. The standard InChI is InChI=1S/C15H24N2O/c1-17(10-9-16-11-13-3-4-13)12-14-5-7-15(18-2)8-6-14/h5-8,13,16H,3-4,9-12H2,1-2H3. The normalized spacial score (nSPS) is 15.1. The van der Waals surface area contributed by atoms with E-state index in [1.54, 1.807) is 7.11 Å². The van der Waals surface area contributed by atoms with Crippen LogP contribution in [0.25, 0.3) is 0 Å². The van der Waals surface area contributed by atoms with Gasteiger partial charge in [-0.15, -0.1) is 0 Å². The Bertz CT molecular complexity index is 346. The second kappa shape index (κ2) is 6.76. The highest BCUT2D eigenvalue weighted by atomic mass is 16.5. The van der Waals surface area contributed by atoms with Crippen molar-refractivity contribution in [1.29, 1.82) is 0 Å². The van der Waals surface area contributed by atoms with Crippen LogP contribution in [0.4, 0.5) is 0 Å². The van der Waals surface area contributed by atoms with Crippen LogP contribution in [0.5, 0.6) is 5.75 Å². The molecule has 0 spiro atoms. The van der Waals surface area contributed by atoms with Gasteiger partial charge in [0.2, 0.25) is 0 Å². The van der Waals surface area contributed by atoms with E-state index in [4.69, 9.17) is 4.74 Å². The lowest BCUT2D eigenvalue weighted by atomic mass is 10.2. The Hall–Kier alpha value is -1.06. The van der Waals surface area contributed by atoms with E-state index >= 15 is 0 Å². The maximum atomic E-state index is 5.16. The topological polar surface area (TPSA) is 24.5 Å². The molecule has 18 heavy (non-hydrogen) atoms. The van der Waals surface area contributed by atoms with Gasteiger partial charge in [0.05, 0.1) is 7.11 Å². The molecule has 1 saturated carbocycles. The first-order valence-corrected chi connectivity index (χ1v) is 6.80. The van der Waals surface area contributed by atoms with Crippen LogP contribution in [-0.4, -0.2) is 38.7 Å². The number of hydrogen-bond acceptors (Lipinski definition) is 3. The Balaban J connectivity index is 1.63. The molecule has 1 fully saturated rings. The van der Waals surface area contributed by atoms with Gasteiger partial charge in [0.25, 0.3) is 0 Å². The fourth-order valence-corrected chi connectivity index (χ4v) is 2.02. The quantitative estimate of drug-likeness (QED) is 0.713. The Morgan fingerprint density at radius 3 is 2.61 bits per heavy atom. The molecule has 1 aliphatic rings. The van der Waals surface area contributed by atoms with Crippen LogP contribution in [0.1, 0.15) is 18.4 Å². The van der Waals surface area contributed by atoms with Crippen LogP contribution in [0, 0.1) is 5.92 Å². The third kappa shape index (κ3) is 4.67. The summed E-state index contributed by atoms with van der Waals surface area (Å²) in [5.74, 6) is 1.89. The summed E-state index contributed by atoms with van der Waals surface area (Å²) >= 11 is 0. The minimum Gasteiger partial charge on any atom is -0.497 e. The summed E-state index contributed by atoms with van der Waals surface area (Å²) in [7, 11) is 3.87. The SMILES string of the molecule is COc1ccc(CN(C)CCNCC2CC2)cc1. The summed E-state index contributed by atoms with van der Waals surface area (Å²) in [5.41, 5.74) is 1.33. The Morgan fingerprint density at radius 1 is 1.28 bits per heavy atom. The van der Waals surface area contributed by atoms with E-state index in [9.17, 15) is 0 Å². The van der Waals surface area contributed by atoms with Gasteiger partial charge in [0.15, 0.2) is 0 Å². The summed E-state index contributed by atoms with van der Waals surface area (Å²) in [6, 6.07) is 8.31. The number of rotatable bonds is 8. The van der Waals surface area contributed by atoms with E-state index in [1.807, 2.05) is 12.1 Å². The van der Waals surface area contributed by atoms with Crippen molar-refractivity contribution in [1.82, 2.24) is 10.2 Å². The zero-order chi connectivity index (χ0) is 12.8. The van der Waals surface area contributed by atoms with E-state index in [1.165, 1.54) is 24.9 Å². The molecular formula is C15H24N2O. The van der Waals surface area contributed by atoms with E-state index in [-0.39, 0.29) is 0 Å². The summed E-state index contributed by atoms with van der Waals surface area (Å²) in [6.45, 7) is 4.38. The first-order valence-electron chi connectivity index (χ1n) is 6.80. The van der Waals surface area contributed by atoms with E-state index in [2.05, 4.69) is 29.4 Å². The van der Waals surface area contributed by atoms with Crippen LogP contribution in [-0.2, 0) is 6.54 Å². The molecule has 0 radical (unpaired) electrons. The Kier molecular flexibility index (Phi) is 5.02. The molecule has 100 valence electrons. The number of nitrogens with one attached hydrogen (secondary N) is 1. The molecule has 3 nitrogen and oxygen atoms in total. The van der Waals surface area contributed by atoms with Gasteiger partial charge in [-0.1, -0.05) is 12.1 Å². The van der Waals surface area contributed by atoms with E-state index < -0.39 is 0 Å². The molecule has 0 unspecified atom stereocenters. The molecule has 0 aliphatic heterocycles. The molecule has 1 aliphatic carbocycles. The summed E-state index contributed by atoms with van der Waals surface area (Å²) < 4.78 is 5.16. The molecule has 2 rings (SSSR count). The predicted molar refractivity (Wildman–Crippen MR) is 74.9 cm³/mol. The van der Waals surface area contributed by atoms with Gasteiger partial charge in [-0.2, -0.15) is 0 Å². The average molecular weight is 248 g/mol. The van der Waals surface area contributed by atoms with Gasteiger partial charge >= 0.3 is 0 Å². The second-order valence-corrected chi connectivity index (χ2v) is 5.23. The zero-order valence-corrected chi connectivity index (χ0v) is 11.5. The van der Waals surface area contributed by atoms with Crippen LogP contribution in [0.2, 0.25) is 0 Å². The molecule has 0 saturated heterocycles. The Morgan fingerprint density at radius 2 is 2.00 bits per heavy atom. The fourth-order valence-electron chi connectivity index (χ4n) is 2.02. The Labute approximate surface area is 110 Å². The highest BCUT2D eigenvalue weighted by molar-refractivity contribution is 5.26. The molecule has 0 heterocycles. The lowest BCUT2D eigenvalue weighted by molar-refractivity contribution is 0.323. The van der Waals surface area contributed by atoms with Gasteiger partial charge < -0.3 is 15.0 Å². The number of nitrogens with zero attached hydrogens (tertiary/aromatic N) is 1. The van der Waals surface area contributed by atoms with Crippen molar-refractivity contribution in [2.45, 2.75) is 19.4 Å². The lowest BCUT2D eigenvalue weighted by Gasteiger charge is -2.17. The van der Waals surface area contributed by atoms with Crippen molar-refractivity contribution >= 4 is 0 Å². The van der Waals surface area contributed by atoms with Crippen LogP contribution in [0.15, 0.2) is 24.3 Å². The average Bonchev–Trinajstić information content (AvgIpc) is 3.20. The summed E-state index contributed by atoms with van der Waals surface area (Å²) in [6.07, 6.45) is 2.85. The third-order valence-corrected chi connectivity index (χ3v) is 3.41. The molecule has 0 aromatic heterocycles. The molecule has 3 heteroatoms. The minimum absolute atomic E-state index is 0.924. The molecule has 0 amide bonds. The minimum atomic E-state index is 0.924. The zero-order valence-electron chi connectivity index (χ0n) is 11.5. The van der Waals surface area contributed by atoms with Crippen molar-refractivity contribution in [3.63, 3.8) is 0 Å². The van der Waals surface area contributed by atoms with E-state index in [0.717, 1.165) is 31.3 Å². The molecule has 0 atom stereocenters. The maximum absolute atomic E-state index is 5.16. The first kappa shape index (κ1) is 13.4. The number of methoxy groups -OCH3 is 1. The van der Waals surface area contributed by atoms with Crippen molar-refractivity contribution in [3.8, 4) is 5.75 Å². The molecule has 0 bridgehead atoms. The monoisotopic (exact) mass is 248 g/mol.